The fraction of sp³-hybridized carbons (Fsp3) is 0.462. The molecule has 1 aliphatic heterocycles. The second kappa shape index (κ2) is 4.13. The Hall–Kier alpha value is -1.39. The first-order valence-corrected chi connectivity index (χ1v) is 6.05. The number of hydrogen-bond donors (Lipinski definition) is 1. The van der Waals surface area contributed by atoms with Crippen LogP contribution in [-0.4, -0.2) is 40.6 Å². The third-order valence-corrected chi connectivity index (χ3v) is 3.61. The van der Waals surface area contributed by atoms with Crippen molar-refractivity contribution in [2.45, 2.75) is 12.6 Å². The van der Waals surface area contributed by atoms with E-state index in [0.29, 0.717) is 6.04 Å². The molecule has 1 fully saturated rings. The summed E-state index contributed by atoms with van der Waals surface area (Å²) in [5.41, 5.74) is 3.62. The molecule has 2 heterocycles. The fourth-order valence-electron chi connectivity index (χ4n) is 2.28. The van der Waals surface area contributed by atoms with Crippen LogP contribution in [-0.2, 0) is 13.6 Å². The molecule has 4 nitrogen and oxygen atoms in total. The zero-order chi connectivity index (χ0) is 11.8. The Kier molecular flexibility index (Phi) is 2.61. The van der Waals surface area contributed by atoms with Gasteiger partial charge in [0, 0.05) is 32.7 Å². The van der Waals surface area contributed by atoms with Crippen molar-refractivity contribution in [3.63, 3.8) is 0 Å². The molecule has 1 aliphatic rings. The smallest absolute Gasteiger partial charge is 0.0955 e. The molecular weight excluding hydrogens is 212 g/mol. The Bertz CT molecular complexity index is 527. The number of hydrogen-bond acceptors (Lipinski definition) is 3. The van der Waals surface area contributed by atoms with E-state index >= 15 is 0 Å². The summed E-state index contributed by atoms with van der Waals surface area (Å²) in [6.45, 7) is 3.23. The molecule has 1 aromatic heterocycles. The third kappa shape index (κ3) is 1.94. The second-order valence-electron chi connectivity index (χ2n) is 4.91. The summed E-state index contributed by atoms with van der Waals surface area (Å²) in [6, 6.07) is 7.24. The summed E-state index contributed by atoms with van der Waals surface area (Å²) < 4.78 is 2.05. The third-order valence-electron chi connectivity index (χ3n) is 3.61. The van der Waals surface area contributed by atoms with Gasteiger partial charge < -0.3 is 9.88 Å². The minimum absolute atomic E-state index is 0.689. The van der Waals surface area contributed by atoms with Crippen LogP contribution in [0.3, 0.4) is 0 Å². The lowest BCUT2D eigenvalue weighted by Gasteiger charge is -2.35. The van der Waals surface area contributed by atoms with Crippen molar-refractivity contribution in [1.29, 1.82) is 0 Å². The molecule has 1 aromatic carbocycles. The van der Waals surface area contributed by atoms with E-state index in [-0.39, 0.29) is 0 Å². The van der Waals surface area contributed by atoms with Crippen molar-refractivity contribution in [2.75, 3.05) is 20.1 Å². The molecule has 17 heavy (non-hydrogen) atoms. The Balaban J connectivity index is 1.80. The highest BCUT2D eigenvalue weighted by Crippen LogP contribution is 2.16. The van der Waals surface area contributed by atoms with Crippen LogP contribution in [0.2, 0.25) is 0 Å². The predicted octanol–water partition coefficient (Wildman–Crippen LogP) is 0.977. The van der Waals surface area contributed by atoms with Crippen LogP contribution < -0.4 is 5.32 Å². The normalized spacial score (nSPS) is 16.6. The topological polar surface area (TPSA) is 33.1 Å². The van der Waals surface area contributed by atoms with Gasteiger partial charge in [-0.25, -0.2) is 4.98 Å². The van der Waals surface area contributed by atoms with Gasteiger partial charge >= 0.3 is 0 Å². The Morgan fingerprint density at radius 1 is 1.47 bits per heavy atom. The first-order valence-electron chi connectivity index (χ1n) is 6.05. The van der Waals surface area contributed by atoms with Crippen molar-refractivity contribution in [1.82, 2.24) is 19.8 Å². The maximum Gasteiger partial charge on any atom is 0.0955 e. The van der Waals surface area contributed by atoms with Crippen LogP contribution in [0.1, 0.15) is 5.56 Å². The Labute approximate surface area is 101 Å². The monoisotopic (exact) mass is 230 g/mol. The van der Waals surface area contributed by atoms with E-state index < -0.39 is 0 Å². The zero-order valence-corrected chi connectivity index (χ0v) is 10.3. The minimum atomic E-state index is 0.689. The molecule has 90 valence electrons. The molecule has 1 saturated heterocycles. The SMILES string of the molecule is CN(Cc1ccc2c(c1)ncn2C)C1CNC1. The van der Waals surface area contributed by atoms with Gasteiger partial charge in [0.2, 0.25) is 0 Å². The lowest BCUT2D eigenvalue weighted by atomic mass is 10.1. The number of fused-ring (bicyclic) bond motifs is 1. The average Bonchev–Trinajstić information content (AvgIpc) is 2.57. The zero-order valence-electron chi connectivity index (χ0n) is 10.3. The van der Waals surface area contributed by atoms with Gasteiger partial charge in [-0.1, -0.05) is 6.07 Å². The van der Waals surface area contributed by atoms with Crippen molar-refractivity contribution < 1.29 is 0 Å². The molecule has 0 spiro atoms. The number of benzene rings is 1. The molecule has 0 amide bonds. The number of rotatable bonds is 3. The summed E-state index contributed by atoms with van der Waals surface area (Å²) in [6.07, 6.45) is 1.87. The second-order valence-corrected chi connectivity index (χ2v) is 4.91. The lowest BCUT2D eigenvalue weighted by Crippen LogP contribution is -2.55. The van der Waals surface area contributed by atoms with Gasteiger partial charge in [-0.3, -0.25) is 4.90 Å². The van der Waals surface area contributed by atoms with Crippen molar-refractivity contribution in [3.8, 4) is 0 Å². The number of nitrogens with zero attached hydrogens (tertiary/aromatic N) is 3. The molecule has 3 rings (SSSR count). The highest BCUT2D eigenvalue weighted by molar-refractivity contribution is 5.75. The molecule has 0 unspecified atom stereocenters. The Morgan fingerprint density at radius 3 is 3.00 bits per heavy atom. The van der Waals surface area contributed by atoms with E-state index in [0.717, 1.165) is 25.2 Å². The van der Waals surface area contributed by atoms with Gasteiger partial charge in [0.1, 0.15) is 0 Å². The molecule has 2 aromatic rings. The fourth-order valence-corrected chi connectivity index (χ4v) is 2.28. The number of nitrogens with one attached hydrogen (secondary N) is 1. The molecule has 0 radical (unpaired) electrons. The van der Waals surface area contributed by atoms with Crippen LogP contribution in [0.15, 0.2) is 24.5 Å². The van der Waals surface area contributed by atoms with Crippen LogP contribution in [0.5, 0.6) is 0 Å². The highest BCUT2D eigenvalue weighted by atomic mass is 15.2. The molecule has 0 bridgehead atoms. The van der Waals surface area contributed by atoms with Crippen LogP contribution >= 0.6 is 0 Å². The summed E-state index contributed by atoms with van der Waals surface area (Å²) in [5.74, 6) is 0. The van der Waals surface area contributed by atoms with E-state index in [1.54, 1.807) is 0 Å². The number of aromatic nitrogens is 2. The maximum absolute atomic E-state index is 4.40. The Morgan fingerprint density at radius 2 is 2.29 bits per heavy atom. The summed E-state index contributed by atoms with van der Waals surface area (Å²) in [5, 5.41) is 3.30. The quantitative estimate of drug-likeness (QED) is 0.853. The minimum Gasteiger partial charge on any atom is -0.334 e. The van der Waals surface area contributed by atoms with Gasteiger partial charge in [0.05, 0.1) is 17.4 Å². The predicted molar refractivity (Wildman–Crippen MR) is 68.8 cm³/mol. The standard InChI is InChI=1S/C13H18N4/c1-16(11-6-14-7-11)8-10-3-4-13-12(5-10)15-9-17(13)2/h3-5,9,11,14H,6-8H2,1-2H3. The van der Waals surface area contributed by atoms with Crippen molar-refractivity contribution in [2.24, 2.45) is 7.05 Å². The van der Waals surface area contributed by atoms with Crippen LogP contribution in [0.4, 0.5) is 0 Å². The van der Waals surface area contributed by atoms with E-state index in [1.165, 1.54) is 11.1 Å². The molecule has 0 atom stereocenters. The summed E-state index contributed by atoms with van der Waals surface area (Å²) in [7, 11) is 4.22. The first kappa shape index (κ1) is 10.7. The molecule has 0 saturated carbocycles. The average molecular weight is 230 g/mol. The van der Waals surface area contributed by atoms with Gasteiger partial charge in [-0.2, -0.15) is 0 Å². The number of aryl methyl sites for hydroxylation is 1. The number of imidazole rings is 1. The van der Waals surface area contributed by atoms with Crippen molar-refractivity contribution >= 4 is 11.0 Å². The lowest BCUT2D eigenvalue weighted by molar-refractivity contribution is 0.173. The van der Waals surface area contributed by atoms with E-state index in [2.05, 4.69) is 45.0 Å². The molecule has 0 aliphatic carbocycles. The molecular formula is C13H18N4. The van der Waals surface area contributed by atoms with Crippen LogP contribution in [0, 0.1) is 0 Å². The first-order chi connectivity index (χ1) is 8.24. The maximum atomic E-state index is 4.40. The highest BCUT2D eigenvalue weighted by Gasteiger charge is 2.21. The van der Waals surface area contributed by atoms with Gasteiger partial charge in [0.25, 0.3) is 0 Å². The number of likely N-dealkylation sites (N-methyl/N-ethyl adjacent to an activating group) is 1. The van der Waals surface area contributed by atoms with E-state index in [4.69, 9.17) is 0 Å². The van der Waals surface area contributed by atoms with Crippen LogP contribution in [0.25, 0.3) is 11.0 Å². The van der Waals surface area contributed by atoms with E-state index in [9.17, 15) is 0 Å². The summed E-state index contributed by atoms with van der Waals surface area (Å²) >= 11 is 0. The largest absolute Gasteiger partial charge is 0.334 e. The molecule has 4 heteroatoms. The van der Waals surface area contributed by atoms with E-state index in [1.807, 2.05) is 13.4 Å². The van der Waals surface area contributed by atoms with Gasteiger partial charge in [-0.05, 0) is 24.7 Å². The van der Waals surface area contributed by atoms with Gasteiger partial charge in [0.15, 0.2) is 0 Å². The van der Waals surface area contributed by atoms with Crippen molar-refractivity contribution in [3.05, 3.63) is 30.1 Å². The summed E-state index contributed by atoms with van der Waals surface area (Å²) in [4.78, 5) is 6.80. The molecule has 1 N–H and O–H groups in total. The van der Waals surface area contributed by atoms with Gasteiger partial charge in [-0.15, -0.1) is 0 Å².